The average Bonchev–Trinajstić information content (AvgIpc) is 3.10. The molecular weight excluding hydrogens is 322 g/mol. The van der Waals surface area contributed by atoms with Gasteiger partial charge in [0.25, 0.3) is 11.1 Å². The Bertz CT molecular complexity index is 729. The lowest BCUT2D eigenvalue weighted by molar-refractivity contribution is -0.148. The van der Waals surface area contributed by atoms with E-state index in [9.17, 15) is 14.4 Å². The summed E-state index contributed by atoms with van der Waals surface area (Å²) in [6, 6.07) is 4.25. The molecule has 0 N–H and O–H groups in total. The molecule has 7 nitrogen and oxygen atoms in total. The summed E-state index contributed by atoms with van der Waals surface area (Å²) in [5, 5.41) is -0.500. The van der Waals surface area contributed by atoms with Crippen molar-refractivity contribution in [3.05, 3.63) is 28.7 Å². The first-order chi connectivity index (χ1) is 11.0. The number of esters is 1. The van der Waals surface area contributed by atoms with Gasteiger partial charge in [0.2, 0.25) is 6.79 Å². The number of ether oxygens (including phenoxy) is 3. The van der Waals surface area contributed by atoms with Crippen LogP contribution >= 0.6 is 11.8 Å². The van der Waals surface area contributed by atoms with E-state index in [0.29, 0.717) is 17.1 Å². The molecule has 1 saturated heterocycles. The Morgan fingerprint density at radius 3 is 2.83 bits per heavy atom. The second-order valence-corrected chi connectivity index (χ2v) is 5.86. The molecule has 2 amide bonds. The zero-order valence-corrected chi connectivity index (χ0v) is 13.2. The van der Waals surface area contributed by atoms with E-state index in [0.717, 1.165) is 16.7 Å². The molecule has 1 aromatic rings. The van der Waals surface area contributed by atoms with Crippen molar-refractivity contribution in [2.75, 3.05) is 13.9 Å². The zero-order chi connectivity index (χ0) is 16.6. The number of amides is 2. The van der Waals surface area contributed by atoms with Crippen LogP contribution in [0.5, 0.6) is 11.5 Å². The van der Waals surface area contributed by atoms with Gasteiger partial charge < -0.3 is 14.2 Å². The van der Waals surface area contributed by atoms with E-state index in [1.165, 1.54) is 14.0 Å². The van der Waals surface area contributed by atoms with Crippen LogP contribution in [0, 0.1) is 0 Å². The highest BCUT2D eigenvalue weighted by Crippen LogP contribution is 2.36. The van der Waals surface area contributed by atoms with E-state index in [-0.39, 0.29) is 11.7 Å². The quantitative estimate of drug-likeness (QED) is 0.617. The first kappa shape index (κ1) is 15.4. The third kappa shape index (κ3) is 2.77. The van der Waals surface area contributed by atoms with Gasteiger partial charge in [-0.25, -0.2) is 4.79 Å². The van der Waals surface area contributed by atoms with Crippen LogP contribution in [0.3, 0.4) is 0 Å². The summed E-state index contributed by atoms with van der Waals surface area (Å²) in [4.78, 5) is 37.1. The predicted molar refractivity (Wildman–Crippen MR) is 81.9 cm³/mol. The largest absolute Gasteiger partial charge is 0.467 e. The standard InChI is InChI=1S/C15H13NO6S/c1-8(14(18)20-2)16-13(17)12(23-15(16)19)6-9-3-4-10-11(5-9)22-7-21-10/h3-6,8H,7H2,1-2H3/b12-6-. The van der Waals surface area contributed by atoms with Crippen LogP contribution in [-0.4, -0.2) is 42.0 Å². The molecule has 0 aromatic heterocycles. The van der Waals surface area contributed by atoms with Gasteiger partial charge in [0.1, 0.15) is 6.04 Å². The Labute approximate surface area is 136 Å². The first-order valence-corrected chi connectivity index (χ1v) is 7.57. The van der Waals surface area contributed by atoms with Gasteiger partial charge in [0, 0.05) is 0 Å². The number of rotatable bonds is 3. The summed E-state index contributed by atoms with van der Waals surface area (Å²) >= 11 is 0.785. The number of imide groups is 1. The number of fused-ring (bicyclic) bond motifs is 1. The lowest BCUT2D eigenvalue weighted by Crippen LogP contribution is -2.42. The summed E-state index contributed by atoms with van der Waals surface area (Å²) < 4.78 is 15.1. The van der Waals surface area contributed by atoms with Gasteiger partial charge in [-0.1, -0.05) is 6.07 Å². The SMILES string of the molecule is COC(=O)C(C)N1C(=O)S/C(=C\c2ccc3c(c2)OCO3)C1=O. The maximum absolute atomic E-state index is 12.4. The molecule has 1 fully saturated rings. The Hall–Kier alpha value is -2.48. The Kier molecular flexibility index (Phi) is 3.99. The molecule has 1 unspecified atom stereocenters. The van der Waals surface area contributed by atoms with Crippen molar-refractivity contribution in [1.29, 1.82) is 0 Å². The molecule has 0 spiro atoms. The van der Waals surface area contributed by atoms with Crippen LogP contribution in [0.25, 0.3) is 6.08 Å². The van der Waals surface area contributed by atoms with E-state index in [4.69, 9.17) is 9.47 Å². The molecule has 0 bridgehead atoms. The molecule has 23 heavy (non-hydrogen) atoms. The van der Waals surface area contributed by atoms with E-state index < -0.39 is 23.2 Å². The Morgan fingerprint density at radius 2 is 2.09 bits per heavy atom. The van der Waals surface area contributed by atoms with Gasteiger partial charge in [-0.2, -0.15) is 0 Å². The van der Waals surface area contributed by atoms with Crippen molar-refractivity contribution in [3.63, 3.8) is 0 Å². The fraction of sp³-hybridized carbons (Fsp3) is 0.267. The predicted octanol–water partition coefficient (Wildman–Crippen LogP) is 2.01. The van der Waals surface area contributed by atoms with Crippen LogP contribution < -0.4 is 9.47 Å². The third-order valence-corrected chi connectivity index (χ3v) is 4.33. The highest BCUT2D eigenvalue weighted by atomic mass is 32.2. The smallest absolute Gasteiger partial charge is 0.328 e. The van der Waals surface area contributed by atoms with Gasteiger partial charge in [0.05, 0.1) is 12.0 Å². The molecule has 0 aliphatic carbocycles. The van der Waals surface area contributed by atoms with Crippen LogP contribution in [0.15, 0.2) is 23.1 Å². The molecule has 0 saturated carbocycles. The van der Waals surface area contributed by atoms with Crippen molar-refractivity contribution >= 4 is 35.0 Å². The number of carbonyl (C=O) groups is 3. The average molecular weight is 335 g/mol. The normalized spacial score (nSPS) is 19.4. The summed E-state index contributed by atoms with van der Waals surface area (Å²) in [5.74, 6) is 0.0580. The maximum Gasteiger partial charge on any atom is 0.328 e. The fourth-order valence-electron chi connectivity index (χ4n) is 2.24. The van der Waals surface area contributed by atoms with E-state index in [2.05, 4.69) is 4.74 Å². The van der Waals surface area contributed by atoms with Crippen molar-refractivity contribution < 1.29 is 28.6 Å². The summed E-state index contributed by atoms with van der Waals surface area (Å²) in [7, 11) is 1.21. The second kappa shape index (κ2) is 5.96. The molecule has 1 atom stereocenters. The van der Waals surface area contributed by atoms with Crippen LogP contribution in [-0.2, 0) is 14.3 Å². The van der Waals surface area contributed by atoms with Crippen molar-refractivity contribution in [3.8, 4) is 11.5 Å². The summed E-state index contributed by atoms with van der Waals surface area (Å²) in [6.45, 7) is 1.61. The molecule has 0 radical (unpaired) electrons. The summed E-state index contributed by atoms with van der Waals surface area (Å²) in [5.41, 5.74) is 0.700. The molecule has 8 heteroatoms. The number of methoxy groups -OCH3 is 1. The molecule has 2 aliphatic heterocycles. The number of benzene rings is 1. The number of thioether (sulfide) groups is 1. The molecule has 120 valence electrons. The van der Waals surface area contributed by atoms with E-state index in [1.807, 2.05) is 0 Å². The zero-order valence-electron chi connectivity index (χ0n) is 12.4. The van der Waals surface area contributed by atoms with Gasteiger partial charge in [0.15, 0.2) is 11.5 Å². The molecule has 2 aliphatic rings. The van der Waals surface area contributed by atoms with E-state index >= 15 is 0 Å². The second-order valence-electron chi connectivity index (χ2n) is 4.86. The molecule has 1 aromatic carbocycles. The number of carbonyl (C=O) groups excluding carboxylic acids is 3. The van der Waals surface area contributed by atoms with Crippen molar-refractivity contribution in [2.24, 2.45) is 0 Å². The number of nitrogens with zero attached hydrogens (tertiary/aromatic N) is 1. The topological polar surface area (TPSA) is 82.1 Å². The molecule has 3 rings (SSSR count). The van der Waals surface area contributed by atoms with Crippen molar-refractivity contribution in [1.82, 2.24) is 4.90 Å². The van der Waals surface area contributed by atoms with Gasteiger partial charge in [-0.15, -0.1) is 0 Å². The highest BCUT2D eigenvalue weighted by Gasteiger charge is 2.41. The number of hydrogen-bond donors (Lipinski definition) is 0. The maximum atomic E-state index is 12.4. The van der Waals surface area contributed by atoms with Gasteiger partial charge in [-0.3, -0.25) is 14.5 Å². The lowest BCUT2D eigenvalue weighted by Gasteiger charge is -2.18. The minimum atomic E-state index is -0.963. The minimum Gasteiger partial charge on any atom is -0.467 e. The van der Waals surface area contributed by atoms with E-state index in [1.54, 1.807) is 24.3 Å². The highest BCUT2D eigenvalue weighted by molar-refractivity contribution is 8.18. The fourth-order valence-corrected chi connectivity index (χ4v) is 3.15. The van der Waals surface area contributed by atoms with Gasteiger partial charge in [-0.05, 0) is 42.5 Å². The monoisotopic (exact) mass is 335 g/mol. The minimum absolute atomic E-state index is 0.159. The van der Waals surface area contributed by atoms with Crippen molar-refractivity contribution in [2.45, 2.75) is 13.0 Å². The lowest BCUT2D eigenvalue weighted by atomic mass is 10.2. The van der Waals surface area contributed by atoms with Crippen LogP contribution in [0.2, 0.25) is 0 Å². The van der Waals surface area contributed by atoms with Crippen LogP contribution in [0.4, 0.5) is 4.79 Å². The number of hydrogen-bond acceptors (Lipinski definition) is 7. The van der Waals surface area contributed by atoms with Gasteiger partial charge >= 0.3 is 5.97 Å². The van der Waals surface area contributed by atoms with Crippen LogP contribution in [0.1, 0.15) is 12.5 Å². The Morgan fingerprint density at radius 1 is 1.35 bits per heavy atom. The first-order valence-electron chi connectivity index (χ1n) is 6.76. The third-order valence-electron chi connectivity index (χ3n) is 3.45. The summed E-state index contributed by atoms with van der Waals surface area (Å²) in [6.07, 6.45) is 1.58. The Balaban J connectivity index is 1.85. The molecule has 2 heterocycles. The molecular formula is C15H13NO6S.